The molecule has 0 nitrogen and oxygen atoms in total. The van der Waals surface area contributed by atoms with E-state index in [0.29, 0.717) is 0 Å². The molecular weight excluding hydrogens is 268 g/mol. The van der Waals surface area contributed by atoms with Crippen LogP contribution in [0.25, 0.3) is 0 Å². The Morgan fingerprint density at radius 1 is 1.20 bits per heavy atom. The Bertz CT molecular complexity index is 286. The number of hydrogen-bond acceptors (Lipinski definition) is 1. The van der Waals surface area contributed by atoms with Gasteiger partial charge in [-0.05, 0) is 43.1 Å². The lowest BCUT2D eigenvalue weighted by atomic mass is 10.1. The molecule has 0 radical (unpaired) electrons. The molecule has 0 spiro atoms. The van der Waals surface area contributed by atoms with Crippen LogP contribution in [-0.2, 0) is 0 Å². The van der Waals surface area contributed by atoms with Gasteiger partial charge in [0.25, 0.3) is 0 Å². The highest BCUT2D eigenvalue weighted by Crippen LogP contribution is 2.35. The van der Waals surface area contributed by atoms with E-state index < -0.39 is 0 Å². The van der Waals surface area contributed by atoms with Gasteiger partial charge in [0, 0.05) is 9.72 Å². The summed E-state index contributed by atoms with van der Waals surface area (Å²) in [6.07, 6.45) is 5.57. The van der Waals surface area contributed by atoms with E-state index in [9.17, 15) is 0 Å². The zero-order valence-corrected chi connectivity index (χ0v) is 11.3. The van der Waals surface area contributed by atoms with E-state index in [4.69, 9.17) is 0 Å². The van der Waals surface area contributed by atoms with Gasteiger partial charge in [0.1, 0.15) is 0 Å². The number of benzene rings is 1. The van der Waals surface area contributed by atoms with E-state index in [1.54, 1.807) is 0 Å². The van der Waals surface area contributed by atoms with Gasteiger partial charge in [-0.2, -0.15) is 0 Å². The summed E-state index contributed by atoms with van der Waals surface area (Å²) in [5, 5.41) is 0. The lowest BCUT2D eigenvalue weighted by Crippen LogP contribution is -2.06. The van der Waals surface area contributed by atoms with Gasteiger partial charge in [0.15, 0.2) is 0 Å². The third kappa shape index (κ3) is 3.53. The van der Waals surface area contributed by atoms with E-state index in [1.807, 2.05) is 11.8 Å². The Balaban J connectivity index is 1.71. The van der Waals surface area contributed by atoms with Crippen molar-refractivity contribution in [3.8, 4) is 0 Å². The highest BCUT2D eigenvalue weighted by Gasteiger charge is 2.23. The molecule has 0 aliphatic heterocycles. The van der Waals surface area contributed by atoms with Gasteiger partial charge in [0.2, 0.25) is 0 Å². The molecule has 1 aliphatic rings. The van der Waals surface area contributed by atoms with Crippen LogP contribution in [-0.4, -0.2) is 10.6 Å². The number of thioether (sulfide) groups is 1. The van der Waals surface area contributed by atoms with Crippen molar-refractivity contribution < 1.29 is 0 Å². The molecule has 2 unspecified atom stereocenters. The number of alkyl halides is 1. The molecule has 1 aliphatic carbocycles. The van der Waals surface area contributed by atoms with E-state index in [0.717, 1.165) is 10.7 Å². The molecule has 0 bridgehead atoms. The minimum atomic E-state index is 0.786. The van der Waals surface area contributed by atoms with Crippen molar-refractivity contribution >= 4 is 27.7 Å². The maximum atomic E-state index is 3.78. The van der Waals surface area contributed by atoms with Crippen molar-refractivity contribution in [3.63, 3.8) is 0 Å². The highest BCUT2D eigenvalue weighted by molar-refractivity contribution is 9.09. The Morgan fingerprint density at radius 2 is 2.00 bits per heavy atom. The molecule has 0 amide bonds. The molecular formula is C13H17BrS. The fraction of sp³-hybridized carbons (Fsp3) is 0.538. The summed E-state index contributed by atoms with van der Waals surface area (Å²) >= 11 is 5.77. The van der Waals surface area contributed by atoms with Crippen LogP contribution in [0.3, 0.4) is 0 Å². The normalized spacial score (nSPS) is 25.7. The summed E-state index contributed by atoms with van der Waals surface area (Å²) in [5.74, 6) is 2.18. The molecule has 2 heteroatoms. The summed E-state index contributed by atoms with van der Waals surface area (Å²) in [5.41, 5.74) is 0. The fourth-order valence-electron chi connectivity index (χ4n) is 2.16. The largest absolute Gasteiger partial charge is 0.126 e. The van der Waals surface area contributed by atoms with Crippen LogP contribution in [0, 0.1) is 5.92 Å². The van der Waals surface area contributed by atoms with Crippen LogP contribution < -0.4 is 0 Å². The van der Waals surface area contributed by atoms with Gasteiger partial charge < -0.3 is 0 Å². The molecule has 0 saturated heterocycles. The van der Waals surface area contributed by atoms with Crippen molar-refractivity contribution in [1.29, 1.82) is 0 Å². The van der Waals surface area contributed by atoms with Crippen LogP contribution in [0.1, 0.15) is 25.7 Å². The Labute approximate surface area is 105 Å². The number of hydrogen-bond donors (Lipinski definition) is 0. The van der Waals surface area contributed by atoms with Gasteiger partial charge in [0.05, 0.1) is 0 Å². The Morgan fingerprint density at radius 3 is 2.67 bits per heavy atom. The monoisotopic (exact) mass is 284 g/mol. The first-order valence-electron chi connectivity index (χ1n) is 5.68. The quantitative estimate of drug-likeness (QED) is 0.569. The molecule has 2 atom stereocenters. The van der Waals surface area contributed by atoms with Crippen molar-refractivity contribution in [2.45, 2.75) is 35.4 Å². The van der Waals surface area contributed by atoms with Crippen LogP contribution >= 0.6 is 27.7 Å². The zero-order valence-electron chi connectivity index (χ0n) is 8.86. The topological polar surface area (TPSA) is 0 Å². The average molecular weight is 285 g/mol. The third-order valence-corrected chi connectivity index (χ3v) is 5.32. The smallest absolute Gasteiger partial charge is 0.0174 e. The summed E-state index contributed by atoms with van der Waals surface area (Å²) in [7, 11) is 0. The van der Waals surface area contributed by atoms with E-state index in [-0.39, 0.29) is 0 Å². The maximum Gasteiger partial charge on any atom is 0.0174 e. The average Bonchev–Trinajstić information content (AvgIpc) is 2.66. The van der Waals surface area contributed by atoms with Crippen LogP contribution in [0.2, 0.25) is 0 Å². The first-order chi connectivity index (χ1) is 7.36. The van der Waals surface area contributed by atoms with E-state index in [2.05, 4.69) is 46.3 Å². The molecule has 15 heavy (non-hydrogen) atoms. The fourth-order valence-corrected chi connectivity index (χ4v) is 4.02. The van der Waals surface area contributed by atoms with E-state index in [1.165, 1.54) is 36.3 Å². The minimum Gasteiger partial charge on any atom is -0.126 e. The third-order valence-electron chi connectivity index (χ3n) is 3.07. The summed E-state index contributed by atoms with van der Waals surface area (Å²) in [6, 6.07) is 10.7. The van der Waals surface area contributed by atoms with Crippen LogP contribution in [0.4, 0.5) is 0 Å². The van der Waals surface area contributed by atoms with Gasteiger partial charge in [-0.3, -0.25) is 0 Å². The number of halogens is 1. The summed E-state index contributed by atoms with van der Waals surface area (Å²) < 4.78 is 0. The second-order valence-corrected chi connectivity index (χ2v) is 6.50. The predicted molar refractivity (Wildman–Crippen MR) is 71.8 cm³/mol. The second kappa shape index (κ2) is 5.95. The first-order valence-corrected chi connectivity index (χ1v) is 7.58. The Kier molecular flexibility index (Phi) is 4.58. The lowest BCUT2D eigenvalue weighted by Gasteiger charge is -2.12. The standard InChI is InChI=1S/C13H17BrS/c14-13-8-4-5-11(13)9-10-15-12-6-2-1-3-7-12/h1-3,6-7,11,13H,4-5,8-10H2. The van der Waals surface area contributed by atoms with Crippen molar-refractivity contribution in [3.05, 3.63) is 30.3 Å². The molecule has 2 rings (SSSR count). The summed E-state index contributed by atoms with van der Waals surface area (Å²) in [6.45, 7) is 0. The summed E-state index contributed by atoms with van der Waals surface area (Å²) in [4.78, 5) is 2.19. The zero-order chi connectivity index (χ0) is 10.5. The van der Waals surface area contributed by atoms with Gasteiger partial charge in [-0.15, -0.1) is 11.8 Å². The molecule has 82 valence electrons. The molecule has 0 N–H and O–H groups in total. The molecule has 0 aromatic heterocycles. The number of rotatable bonds is 4. The van der Waals surface area contributed by atoms with Crippen molar-refractivity contribution in [2.24, 2.45) is 5.92 Å². The van der Waals surface area contributed by atoms with Gasteiger partial charge >= 0.3 is 0 Å². The van der Waals surface area contributed by atoms with Gasteiger partial charge in [-0.25, -0.2) is 0 Å². The minimum absolute atomic E-state index is 0.786. The van der Waals surface area contributed by atoms with Crippen LogP contribution in [0.15, 0.2) is 35.2 Å². The van der Waals surface area contributed by atoms with E-state index >= 15 is 0 Å². The highest BCUT2D eigenvalue weighted by atomic mass is 79.9. The first kappa shape index (κ1) is 11.5. The SMILES string of the molecule is BrC1CCCC1CCSc1ccccc1. The molecule has 1 aromatic rings. The van der Waals surface area contributed by atoms with Crippen LogP contribution in [0.5, 0.6) is 0 Å². The lowest BCUT2D eigenvalue weighted by molar-refractivity contribution is 0.551. The van der Waals surface area contributed by atoms with Crippen molar-refractivity contribution in [1.82, 2.24) is 0 Å². The van der Waals surface area contributed by atoms with Gasteiger partial charge in [-0.1, -0.05) is 40.5 Å². The molecule has 0 heterocycles. The second-order valence-electron chi connectivity index (χ2n) is 4.16. The maximum absolute atomic E-state index is 3.78. The van der Waals surface area contributed by atoms with Crippen molar-refractivity contribution in [2.75, 3.05) is 5.75 Å². The molecule has 1 aromatic carbocycles. The predicted octanol–water partition coefficient (Wildman–Crippen LogP) is 4.73. The Hall–Kier alpha value is 0.0500. The molecule has 1 saturated carbocycles. The molecule has 1 fully saturated rings.